The Morgan fingerprint density at radius 3 is 2.39 bits per heavy atom. The van der Waals surface area contributed by atoms with E-state index in [0.29, 0.717) is 5.92 Å². The molecule has 1 nitrogen and oxygen atoms in total. The minimum atomic E-state index is -0.123. The van der Waals surface area contributed by atoms with Crippen molar-refractivity contribution in [3.63, 3.8) is 0 Å². The standard InChI is InChI=1S/C17H27N/c1-3-14-10-8-9-13-16(14)17(18,4-2)15-11-6-5-7-12-15/h5-7,11-12,14,16H,3-4,8-10,13,18H2,1-2H3. The van der Waals surface area contributed by atoms with Crippen LogP contribution < -0.4 is 5.73 Å². The second-order valence-corrected chi connectivity index (χ2v) is 5.82. The Morgan fingerprint density at radius 1 is 1.11 bits per heavy atom. The summed E-state index contributed by atoms with van der Waals surface area (Å²) in [6.45, 7) is 4.57. The molecule has 2 rings (SSSR count). The van der Waals surface area contributed by atoms with E-state index in [9.17, 15) is 0 Å². The largest absolute Gasteiger partial charge is 0.321 e. The summed E-state index contributed by atoms with van der Waals surface area (Å²) in [6.07, 6.45) is 7.73. The van der Waals surface area contributed by atoms with Crippen molar-refractivity contribution in [1.29, 1.82) is 0 Å². The summed E-state index contributed by atoms with van der Waals surface area (Å²) in [4.78, 5) is 0. The van der Waals surface area contributed by atoms with Crippen LogP contribution in [0.5, 0.6) is 0 Å². The van der Waals surface area contributed by atoms with Gasteiger partial charge < -0.3 is 5.73 Å². The Kier molecular flexibility index (Phi) is 4.45. The average molecular weight is 245 g/mol. The molecular formula is C17H27N. The van der Waals surface area contributed by atoms with Crippen molar-refractivity contribution < 1.29 is 0 Å². The van der Waals surface area contributed by atoms with Gasteiger partial charge in [-0.1, -0.05) is 69.9 Å². The minimum Gasteiger partial charge on any atom is -0.321 e. The van der Waals surface area contributed by atoms with Crippen molar-refractivity contribution in [2.45, 2.75) is 57.9 Å². The molecule has 0 heterocycles. The molecule has 0 bridgehead atoms. The molecule has 0 aromatic heterocycles. The van der Waals surface area contributed by atoms with Crippen molar-refractivity contribution in [2.75, 3.05) is 0 Å². The zero-order valence-electron chi connectivity index (χ0n) is 11.9. The highest BCUT2D eigenvalue weighted by Crippen LogP contribution is 2.44. The molecule has 100 valence electrons. The van der Waals surface area contributed by atoms with Gasteiger partial charge in [0.25, 0.3) is 0 Å². The zero-order valence-corrected chi connectivity index (χ0v) is 11.9. The summed E-state index contributed by atoms with van der Waals surface area (Å²) in [6, 6.07) is 10.8. The molecule has 0 spiro atoms. The molecule has 3 atom stereocenters. The molecular weight excluding hydrogens is 218 g/mol. The Labute approximate surface area is 112 Å². The number of benzene rings is 1. The topological polar surface area (TPSA) is 26.0 Å². The lowest BCUT2D eigenvalue weighted by atomic mass is 9.64. The normalized spacial score (nSPS) is 27.7. The van der Waals surface area contributed by atoms with Gasteiger partial charge in [0, 0.05) is 5.54 Å². The van der Waals surface area contributed by atoms with Crippen LogP contribution in [0.3, 0.4) is 0 Å². The lowest BCUT2D eigenvalue weighted by molar-refractivity contribution is 0.122. The van der Waals surface area contributed by atoms with Crippen molar-refractivity contribution in [3.05, 3.63) is 35.9 Å². The molecule has 1 aliphatic carbocycles. The second kappa shape index (κ2) is 5.88. The number of hydrogen-bond acceptors (Lipinski definition) is 1. The third-order valence-electron chi connectivity index (χ3n) is 4.99. The van der Waals surface area contributed by atoms with Crippen LogP contribution in [0.4, 0.5) is 0 Å². The van der Waals surface area contributed by atoms with Gasteiger partial charge in [-0.3, -0.25) is 0 Å². The van der Waals surface area contributed by atoms with Gasteiger partial charge in [-0.05, 0) is 30.2 Å². The summed E-state index contributed by atoms with van der Waals surface area (Å²) in [5.41, 5.74) is 8.07. The molecule has 0 amide bonds. The van der Waals surface area contributed by atoms with E-state index in [-0.39, 0.29) is 5.54 Å². The van der Waals surface area contributed by atoms with Crippen molar-refractivity contribution in [1.82, 2.24) is 0 Å². The Balaban J connectivity index is 2.30. The first-order valence-electron chi connectivity index (χ1n) is 7.56. The lowest BCUT2D eigenvalue weighted by Crippen LogP contribution is -2.47. The van der Waals surface area contributed by atoms with Gasteiger partial charge in [-0.15, -0.1) is 0 Å². The molecule has 0 saturated heterocycles. The first kappa shape index (κ1) is 13.6. The van der Waals surface area contributed by atoms with E-state index in [1.807, 2.05) is 0 Å². The van der Waals surface area contributed by atoms with Gasteiger partial charge in [-0.25, -0.2) is 0 Å². The maximum atomic E-state index is 6.86. The highest BCUT2D eigenvalue weighted by molar-refractivity contribution is 5.25. The molecule has 1 saturated carbocycles. The van der Waals surface area contributed by atoms with E-state index < -0.39 is 0 Å². The van der Waals surface area contributed by atoms with E-state index in [2.05, 4.69) is 44.2 Å². The minimum absolute atomic E-state index is 0.123. The molecule has 1 heteroatoms. The molecule has 1 aliphatic rings. The van der Waals surface area contributed by atoms with Crippen molar-refractivity contribution >= 4 is 0 Å². The predicted octanol–water partition coefficient (Wildman–Crippen LogP) is 4.47. The van der Waals surface area contributed by atoms with Gasteiger partial charge in [0.15, 0.2) is 0 Å². The summed E-state index contributed by atoms with van der Waals surface area (Å²) >= 11 is 0. The molecule has 3 unspecified atom stereocenters. The van der Waals surface area contributed by atoms with Crippen LogP contribution in [0.2, 0.25) is 0 Å². The van der Waals surface area contributed by atoms with Crippen molar-refractivity contribution in [2.24, 2.45) is 17.6 Å². The van der Waals surface area contributed by atoms with Gasteiger partial charge in [-0.2, -0.15) is 0 Å². The maximum Gasteiger partial charge on any atom is 0.0438 e. The van der Waals surface area contributed by atoms with E-state index in [0.717, 1.165) is 12.3 Å². The first-order chi connectivity index (χ1) is 8.72. The first-order valence-corrected chi connectivity index (χ1v) is 7.56. The highest BCUT2D eigenvalue weighted by Gasteiger charge is 2.40. The van der Waals surface area contributed by atoms with Crippen LogP contribution in [0.1, 0.15) is 57.9 Å². The van der Waals surface area contributed by atoms with Crippen LogP contribution in [-0.2, 0) is 5.54 Å². The fourth-order valence-electron chi connectivity index (χ4n) is 3.80. The number of nitrogens with two attached hydrogens (primary N) is 1. The second-order valence-electron chi connectivity index (χ2n) is 5.82. The smallest absolute Gasteiger partial charge is 0.0438 e. The van der Waals surface area contributed by atoms with Crippen LogP contribution in [0.25, 0.3) is 0 Å². The lowest BCUT2D eigenvalue weighted by Gasteiger charge is -2.44. The third kappa shape index (κ3) is 2.47. The number of hydrogen-bond donors (Lipinski definition) is 1. The van der Waals surface area contributed by atoms with Gasteiger partial charge >= 0.3 is 0 Å². The van der Waals surface area contributed by atoms with E-state index in [1.54, 1.807) is 0 Å². The zero-order chi connectivity index (χ0) is 13.0. The molecule has 2 N–H and O–H groups in total. The van der Waals surface area contributed by atoms with Gasteiger partial charge in [0.1, 0.15) is 0 Å². The highest BCUT2D eigenvalue weighted by atomic mass is 14.8. The Hall–Kier alpha value is -0.820. The van der Waals surface area contributed by atoms with E-state index in [1.165, 1.54) is 37.7 Å². The molecule has 18 heavy (non-hydrogen) atoms. The Morgan fingerprint density at radius 2 is 1.78 bits per heavy atom. The van der Waals surface area contributed by atoms with Gasteiger partial charge in [0.05, 0.1) is 0 Å². The molecule has 1 fully saturated rings. The van der Waals surface area contributed by atoms with Crippen molar-refractivity contribution in [3.8, 4) is 0 Å². The predicted molar refractivity (Wildman–Crippen MR) is 78.3 cm³/mol. The fourth-order valence-corrected chi connectivity index (χ4v) is 3.80. The molecule has 1 aromatic carbocycles. The summed E-state index contributed by atoms with van der Waals surface area (Å²) in [7, 11) is 0. The molecule has 0 aliphatic heterocycles. The Bertz CT molecular complexity index is 359. The number of rotatable bonds is 4. The summed E-state index contributed by atoms with van der Waals surface area (Å²) < 4.78 is 0. The van der Waals surface area contributed by atoms with E-state index in [4.69, 9.17) is 5.73 Å². The molecule has 0 radical (unpaired) electrons. The quantitative estimate of drug-likeness (QED) is 0.832. The summed E-state index contributed by atoms with van der Waals surface area (Å²) in [5, 5.41) is 0. The van der Waals surface area contributed by atoms with Gasteiger partial charge in [0.2, 0.25) is 0 Å². The van der Waals surface area contributed by atoms with Crippen LogP contribution in [-0.4, -0.2) is 0 Å². The van der Waals surface area contributed by atoms with Crippen LogP contribution >= 0.6 is 0 Å². The monoisotopic (exact) mass is 245 g/mol. The van der Waals surface area contributed by atoms with Crippen LogP contribution in [0, 0.1) is 11.8 Å². The molecule has 1 aromatic rings. The fraction of sp³-hybridized carbons (Fsp3) is 0.647. The summed E-state index contributed by atoms with van der Waals surface area (Å²) in [5.74, 6) is 1.47. The van der Waals surface area contributed by atoms with Crippen LogP contribution in [0.15, 0.2) is 30.3 Å². The maximum absolute atomic E-state index is 6.86. The van der Waals surface area contributed by atoms with E-state index >= 15 is 0 Å². The average Bonchev–Trinajstić information content (AvgIpc) is 2.47. The SMILES string of the molecule is CCC1CCCCC1C(N)(CC)c1ccccc1. The third-order valence-corrected chi connectivity index (χ3v) is 4.99.